The van der Waals surface area contributed by atoms with Crippen LogP contribution in [-0.2, 0) is 0 Å². The molecule has 0 nitrogen and oxygen atoms in total. The highest BCUT2D eigenvalue weighted by Gasteiger charge is 2.29. The Morgan fingerprint density at radius 2 is 1.00 bits per heavy atom. The molecule has 0 bridgehead atoms. The predicted molar refractivity (Wildman–Crippen MR) is 83.2 cm³/mol. The van der Waals surface area contributed by atoms with E-state index in [1.54, 1.807) is 57.8 Å². The van der Waals surface area contributed by atoms with Crippen molar-refractivity contribution in [2.24, 2.45) is 23.7 Å². The second kappa shape index (κ2) is 7.14. The normalized spacial score (nSPS) is 34.1. The van der Waals surface area contributed by atoms with Gasteiger partial charge >= 0.3 is 0 Å². The molecule has 0 spiro atoms. The van der Waals surface area contributed by atoms with Crippen molar-refractivity contribution in [2.75, 3.05) is 0 Å². The highest BCUT2D eigenvalue weighted by molar-refractivity contribution is 4.81. The third-order valence-corrected chi connectivity index (χ3v) is 6.60. The van der Waals surface area contributed by atoms with E-state index < -0.39 is 0 Å². The van der Waals surface area contributed by atoms with Crippen LogP contribution in [0.1, 0.15) is 96.3 Å². The van der Waals surface area contributed by atoms with Crippen molar-refractivity contribution in [3.05, 3.63) is 0 Å². The maximum Gasteiger partial charge on any atom is -0.0383 e. The van der Waals surface area contributed by atoms with Crippen LogP contribution in [0.3, 0.4) is 0 Å². The molecule has 110 valence electrons. The molecule has 2 unspecified atom stereocenters. The van der Waals surface area contributed by atoms with E-state index in [0.717, 1.165) is 23.7 Å². The van der Waals surface area contributed by atoms with Crippen LogP contribution in [0, 0.1) is 23.7 Å². The van der Waals surface area contributed by atoms with Crippen LogP contribution in [0.25, 0.3) is 0 Å². The molecule has 3 rings (SSSR count). The van der Waals surface area contributed by atoms with Gasteiger partial charge in [0.1, 0.15) is 0 Å². The lowest BCUT2D eigenvalue weighted by Crippen LogP contribution is -2.22. The quantitative estimate of drug-likeness (QED) is 0.542. The van der Waals surface area contributed by atoms with Gasteiger partial charge in [0.2, 0.25) is 0 Å². The Balaban J connectivity index is 1.45. The van der Waals surface area contributed by atoms with Gasteiger partial charge in [0, 0.05) is 0 Å². The summed E-state index contributed by atoms with van der Waals surface area (Å²) in [7, 11) is 0. The topological polar surface area (TPSA) is 0 Å². The van der Waals surface area contributed by atoms with Gasteiger partial charge in [-0.05, 0) is 36.5 Å². The van der Waals surface area contributed by atoms with E-state index in [9.17, 15) is 0 Å². The first-order chi connectivity index (χ1) is 9.42. The van der Waals surface area contributed by atoms with Gasteiger partial charge in [0.25, 0.3) is 0 Å². The van der Waals surface area contributed by atoms with Gasteiger partial charge in [-0.15, -0.1) is 0 Å². The Kier molecular flexibility index (Phi) is 5.24. The maximum absolute atomic E-state index is 1.61. The monoisotopic (exact) mass is 262 g/mol. The van der Waals surface area contributed by atoms with Crippen LogP contribution in [0.15, 0.2) is 0 Å². The lowest BCUT2D eigenvalue weighted by atomic mass is 9.72. The number of hydrogen-bond donors (Lipinski definition) is 0. The summed E-state index contributed by atoms with van der Waals surface area (Å²) in [5.74, 6) is 4.49. The second-order valence-electron chi connectivity index (χ2n) is 7.92. The van der Waals surface area contributed by atoms with Gasteiger partial charge in [-0.2, -0.15) is 0 Å². The molecule has 0 saturated heterocycles. The average Bonchev–Trinajstić information content (AvgIpc) is 3.10. The Hall–Kier alpha value is 0. The van der Waals surface area contributed by atoms with E-state index in [-0.39, 0.29) is 0 Å². The molecule has 0 aromatic rings. The fraction of sp³-hybridized carbons (Fsp3) is 1.00. The predicted octanol–water partition coefficient (Wildman–Crippen LogP) is 6.34. The molecule has 3 saturated carbocycles. The number of hydrogen-bond acceptors (Lipinski definition) is 0. The fourth-order valence-electron chi connectivity index (χ4n) is 5.40. The number of rotatable bonds is 5. The smallest absolute Gasteiger partial charge is 0.0383 e. The van der Waals surface area contributed by atoms with Crippen molar-refractivity contribution in [3.8, 4) is 0 Å². The average molecular weight is 262 g/mol. The van der Waals surface area contributed by atoms with Crippen molar-refractivity contribution in [3.63, 3.8) is 0 Å². The third kappa shape index (κ3) is 3.99. The third-order valence-electron chi connectivity index (χ3n) is 6.60. The highest BCUT2D eigenvalue weighted by atomic mass is 14.3. The van der Waals surface area contributed by atoms with Crippen LogP contribution in [0.4, 0.5) is 0 Å². The standard InChI is InChI=1S/C19H34/c1-2-8-16(7-1)13-14-18-11-5-6-12-19(18)15-17-9-3-4-10-17/h16-19H,1-15H2. The van der Waals surface area contributed by atoms with E-state index >= 15 is 0 Å². The molecular formula is C19H34. The Morgan fingerprint density at radius 1 is 0.474 bits per heavy atom. The maximum atomic E-state index is 1.61. The van der Waals surface area contributed by atoms with E-state index in [0.29, 0.717) is 0 Å². The van der Waals surface area contributed by atoms with Crippen LogP contribution in [0.5, 0.6) is 0 Å². The van der Waals surface area contributed by atoms with Crippen LogP contribution in [0.2, 0.25) is 0 Å². The zero-order valence-corrected chi connectivity index (χ0v) is 12.9. The molecule has 2 atom stereocenters. The molecule has 0 aliphatic heterocycles. The second-order valence-corrected chi connectivity index (χ2v) is 7.92. The highest BCUT2D eigenvalue weighted by Crippen LogP contribution is 2.42. The minimum atomic E-state index is 1.12. The first kappa shape index (κ1) is 14.0. The summed E-state index contributed by atoms with van der Waals surface area (Å²) in [6.07, 6.45) is 23.3. The zero-order chi connectivity index (χ0) is 12.9. The molecule has 0 aromatic carbocycles. The van der Waals surface area contributed by atoms with Gasteiger partial charge in [-0.3, -0.25) is 0 Å². The molecular weight excluding hydrogens is 228 g/mol. The first-order valence-corrected chi connectivity index (χ1v) is 9.42. The SMILES string of the molecule is C1CCC(CCC2CCCCC2CC2CCCC2)C1. The first-order valence-electron chi connectivity index (χ1n) is 9.42. The minimum absolute atomic E-state index is 1.12. The molecule has 3 aliphatic rings. The van der Waals surface area contributed by atoms with Gasteiger partial charge in [0.05, 0.1) is 0 Å². The largest absolute Gasteiger partial charge is 0.0530 e. The van der Waals surface area contributed by atoms with Crippen LogP contribution < -0.4 is 0 Å². The summed E-state index contributed by atoms with van der Waals surface area (Å²) >= 11 is 0. The summed E-state index contributed by atoms with van der Waals surface area (Å²) in [5.41, 5.74) is 0. The summed E-state index contributed by atoms with van der Waals surface area (Å²) in [5, 5.41) is 0. The Bertz CT molecular complexity index is 245. The summed E-state index contributed by atoms with van der Waals surface area (Å²) < 4.78 is 0. The lowest BCUT2D eigenvalue weighted by Gasteiger charge is -2.34. The van der Waals surface area contributed by atoms with Crippen molar-refractivity contribution in [2.45, 2.75) is 96.3 Å². The van der Waals surface area contributed by atoms with E-state index in [2.05, 4.69) is 0 Å². The summed E-state index contributed by atoms with van der Waals surface area (Å²) in [4.78, 5) is 0. The molecule has 0 heteroatoms. The summed E-state index contributed by atoms with van der Waals surface area (Å²) in [6, 6.07) is 0. The van der Waals surface area contributed by atoms with Gasteiger partial charge in [-0.25, -0.2) is 0 Å². The molecule has 19 heavy (non-hydrogen) atoms. The van der Waals surface area contributed by atoms with Crippen molar-refractivity contribution in [1.29, 1.82) is 0 Å². The van der Waals surface area contributed by atoms with Gasteiger partial charge in [0.15, 0.2) is 0 Å². The molecule has 0 aromatic heterocycles. The van der Waals surface area contributed by atoms with Crippen molar-refractivity contribution < 1.29 is 0 Å². The van der Waals surface area contributed by atoms with E-state index in [1.165, 1.54) is 38.5 Å². The molecule has 0 amide bonds. The Morgan fingerprint density at radius 3 is 1.68 bits per heavy atom. The fourth-order valence-corrected chi connectivity index (χ4v) is 5.40. The van der Waals surface area contributed by atoms with E-state index in [1.807, 2.05) is 0 Å². The van der Waals surface area contributed by atoms with Crippen LogP contribution >= 0.6 is 0 Å². The molecule has 0 heterocycles. The van der Waals surface area contributed by atoms with Crippen molar-refractivity contribution >= 4 is 0 Å². The molecule has 0 N–H and O–H groups in total. The van der Waals surface area contributed by atoms with Crippen molar-refractivity contribution in [1.82, 2.24) is 0 Å². The van der Waals surface area contributed by atoms with Crippen LogP contribution in [-0.4, -0.2) is 0 Å². The minimum Gasteiger partial charge on any atom is -0.0530 e. The molecule has 0 radical (unpaired) electrons. The van der Waals surface area contributed by atoms with E-state index in [4.69, 9.17) is 0 Å². The lowest BCUT2D eigenvalue weighted by molar-refractivity contribution is 0.177. The van der Waals surface area contributed by atoms with Gasteiger partial charge < -0.3 is 0 Å². The molecule has 3 fully saturated rings. The Labute approximate surface area is 120 Å². The molecule has 3 aliphatic carbocycles. The zero-order valence-electron chi connectivity index (χ0n) is 12.9. The summed E-state index contributed by atoms with van der Waals surface area (Å²) in [6.45, 7) is 0. The van der Waals surface area contributed by atoms with Gasteiger partial charge in [-0.1, -0.05) is 83.5 Å².